The Bertz CT molecular complexity index is 699. The Morgan fingerprint density at radius 2 is 2.32 bits per heavy atom. The van der Waals surface area contributed by atoms with Crippen LogP contribution in [0.3, 0.4) is 0 Å². The van der Waals surface area contributed by atoms with Crippen molar-refractivity contribution >= 4 is 21.8 Å². The van der Waals surface area contributed by atoms with Crippen LogP contribution in [-0.2, 0) is 0 Å². The summed E-state index contributed by atoms with van der Waals surface area (Å²) in [6.45, 7) is 3.09. The first-order chi connectivity index (χ1) is 10.6. The van der Waals surface area contributed by atoms with Gasteiger partial charge in [-0.2, -0.15) is 0 Å². The zero-order valence-corrected chi connectivity index (χ0v) is 14.0. The highest BCUT2D eigenvalue weighted by Gasteiger charge is 2.31. The van der Waals surface area contributed by atoms with Crippen LogP contribution in [0.4, 0.5) is 0 Å². The molecule has 0 saturated carbocycles. The Labute approximate surface area is 137 Å². The van der Waals surface area contributed by atoms with Crippen LogP contribution in [0.1, 0.15) is 29.0 Å². The second-order valence-electron chi connectivity index (χ2n) is 5.45. The summed E-state index contributed by atoms with van der Waals surface area (Å²) in [6.07, 6.45) is 1.95. The number of carbonyl (C=O) groups excluding carboxylic acids is 1. The van der Waals surface area contributed by atoms with Crippen molar-refractivity contribution in [2.24, 2.45) is 5.73 Å². The molecule has 1 amide bonds. The first-order valence-electron chi connectivity index (χ1n) is 7.31. The van der Waals surface area contributed by atoms with Crippen molar-refractivity contribution in [3.05, 3.63) is 40.1 Å². The van der Waals surface area contributed by atoms with Crippen LogP contribution in [0.5, 0.6) is 0 Å². The lowest BCUT2D eigenvalue weighted by molar-refractivity contribution is 0.0734. The van der Waals surface area contributed by atoms with E-state index < -0.39 is 0 Å². The average Bonchev–Trinajstić information content (AvgIpc) is 3.12. The normalized spacial score (nSPS) is 18.0. The number of hydrogen-bond acceptors (Lipinski definition) is 4. The van der Waals surface area contributed by atoms with Crippen LogP contribution in [-0.4, -0.2) is 44.9 Å². The highest BCUT2D eigenvalue weighted by molar-refractivity contribution is 9.10. The van der Waals surface area contributed by atoms with E-state index >= 15 is 0 Å². The monoisotopic (exact) mass is 363 g/mol. The number of nitrogens with two attached hydrogens (primary N) is 1. The largest absolute Gasteiger partial charge is 0.333 e. The Kier molecular flexibility index (Phi) is 4.26. The van der Waals surface area contributed by atoms with Crippen molar-refractivity contribution < 1.29 is 4.79 Å². The van der Waals surface area contributed by atoms with Crippen molar-refractivity contribution in [1.29, 1.82) is 0 Å². The molecule has 0 radical (unpaired) electrons. The van der Waals surface area contributed by atoms with Crippen molar-refractivity contribution in [3.8, 4) is 5.69 Å². The van der Waals surface area contributed by atoms with Crippen LogP contribution < -0.4 is 5.73 Å². The maximum atomic E-state index is 12.7. The first kappa shape index (κ1) is 15.2. The van der Waals surface area contributed by atoms with Gasteiger partial charge in [0.25, 0.3) is 5.91 Å². The molecule has 2 aromatic rings. The maximum absolute atomic E-state index is 12.7. The van der Waals surface area contributed by atoms with Gasteiger partial charge in [0.1, 0.15) is 0 Å². The SMILES string of the molecule is Cc1c(C(=O)N2CCCC2CN)nnn1-c1cccc(Br)c1. The number of aromatic nitrogens is 3. The molecule has 1 aliphatic rings. The highest BCUT2D eigenvalue weighted by Crippen LogP contribution is 2.21. The molecule has 1 aliphatic heterocycles. The van der Waals surface area contributed by atoms with Crippen molar-refractivity contribution in [2.75, 3.05) is 13.1 Å². The van der Waals surface area contributed by atoms with Gasteiger partial charge in [-0.05, 0) is 38.0 Å². The van der Waals surface area contributed by atoms with E-state index in [0.717, 1.165) is 35.2 Å². The van der Waals surface area contributed by atoms with Gasteiger partial charge in [0, 0.05) is 23.6 Å². The molecule has 1 aromatic carbocycles. The van der Waals surface area contributed by atoms with Gasteiger partial charge in [-0.25, -0.2) is 4.68 Å². The summed E-state index contributed by atoms with van der Waals surface area (Å²) in [5, 5.41) is 8.24. The molecule has 1 fully saturated rings. The van der Waals surface area contributed by atoms with E-state index in [0.29, 0.717) is 12.2 Å². The summed E-state index contributed by atoms with van der Waals surface area (Å²) < 4.78 is 2.64. The molecular weight excluding hydrogens is 346 g/mol. The lowest BCUT2D eigenvalue weighted by Crippen LogP contribution is -2.40. The number of rotatable bonds is 3. The van der Waals surface area contributed by atoms with E-state index in [1.54, 1.807) is 4.68 Å². The summed E-state index contributed by atoms with van der Waals surface area (Å²) in [7, 11) is 0. The minimum atomic E-state index is -0.0771. The minimum absolute atomic E-state index is 0.0771. The molecule has 2 heterocycles. The van der Waals surface area contributed by atoms with E-state index in [2.05, 4.69) is 26.2 Å². The van der Waals surface area contributed by atoms with Crippen LogP contribution >= 0.6 is 15.9 Å². The molecule has 1 unspecified atom stereocenters. The standard InChI is InChI=1S/C15H18BrN5O/c1-10-14(15(22)20-7-3-6-13(20)9-17)18-19-21(10)12-5-2-4-11(16)8-12/h2,4-5,8,13H,3,6-7,9,17H2,1H3. The molecule has 0 aliphatic carbocycles. The fourth-order valence-electron chi connectivity index (χ4n) is 2.86. The zero-order valence-electron chi connectivity index (χ0n) is 12.4. The van der Waals surface area contributed by atoms with E-state index in [1.807, 2.05) is 36.1 Å². The maximum Gasteiger partial charge on any atom is 0.276 e. The van der Waals surface area contributed by atoms with Gasteiger partial charge >= 0.3 is 0 Å². The van der Waals surface area contributed by atoms with Crippen molar-refractivity contribution in [1.82, 2.24) is 19.9 Å². The Morgan fingerprint density at radius 3 is 3.05 bits per heavy atom. The van der Waals surface area contributed by atoms with Gasteiger partial charge in [0.05, 0.1) is 11.4 Å². The molecule has 6 nitrogen and oxygen atoms in total. The molecule has 1 saturated heterocycles. The third kappa shape index (κ3) is 2.66. The molecule has 116 valence electrons. The third-order valence-corrected chi connectivity index (χ3v) is 4.55. The predicted octanol–water partition coefficient (Wildman–Crippen LogP) is 1.90. The average molecular weight is 364 g/mol. The lowest BCUT2D eigenvalue weighted by Gasteiger charge is -2.22. The summed E-state index contributed by atoms with van der Waals surface area (Å²) >= 11 is 3.44. The van der Waals surface area contributed by atoms with Crippen LogP contribution in [0.25, 0.3) is 5.69 Å². The third-order valence-electron chi connectivity index (χ3n) is 4.06. The highest BCUT2D eigenvalue weighted by atomic mass is 79.9. The fourth-order valence-corrected chi connectivity index (χ4v) is 3.25. The molecule has 0 bridgehead atoms. The Morgan fingerprint density at radius 1 is 1.50 bits per heavy atom. The molecule has 1 aromatic heterocycles. The summed E-state index contributed by atoms with van der Waals surface area (Å²) in [6, 6.07) is 7.85. The van der Waals surface area contributed by atoms with Gasteiger partial charge in [-0.15, -0.1) is 5.10 Å². The van der Waals surface area contributed by atoms with Crippen LogP contribution in [0, 0.1) is 6.92 Å². The smallest absolute Gasteiger partial charge is 0.276 e. The number of amides is 1. The second kappa shape index (κ2) is 6.18. The van der Waals surface area contributed by atoms with Gasteiger partial charge in [0.2, 0.25) is 0 Å². The zero-order chi connectivity index (χ0) is 15.7. The van der Waals surface area contributed by atoms with Gasteiger partial charge in [0.15, 0.2) is 5.69 Å². The van der Waals surface area contributed by atoms with E-state index in [9.17, 15) is 4.79 Å². The molecule has 3 rings (SSSR count). The van der Waals surface area contributed by atoms with E-state index in [4.69, 9.17) is 5.73 Å². The van der Waals surface area contributed by atoms with Gasteiger partial charge in [-0.1, -0.05) is 27.2 Å². The van der Waals surface area contributed by atoms with Crippen molar-refractivity contribution in [2.45, 2.75) is 25.8 Å². The Balaban J connectivity index is 1.92. The summed E-state index contributed by atoms with van der Waals surface area (Å²) in [4.78, 5) is 14.5. The fraction of sp³-hybridized carbons (Fsp3) is 0.400. The molecule has 22 heavy (non-hydrogen) atoms. The lowest BCUT2D eigenvalue weighted by atomic mass is 10.2. The summed E-state index contributed by atoms with van der Waals surface area (Å²) in [5.74, 6) is -0.0771. The number of carbonyl (C=O) groups is 1. The number of nitrogens with zero attached hydrogens (tertiary/aromatic N) is 4. The Hall–Kier alpha value is -1.73. The molecule has 1 atom stereocenters. The quantitative estimate of drug-likeness (QED) is 0.903. The molecule has 7 heteroatoms. The van der Waals surface area contributed by atoms with E-state index in [1.165, 1.54) is 0 Å². The number of likely N-dealkylation sites (tertiary alicyclic amines) is 1. The van der Waals surface area contributed by atoms with Gasteiger partial charge in [-0.3, -0.25) is 4.79 Å². The number of halogens is 1. The molecule has 0 spiro atoms. The molecular formula is C15H18BrN5O. The number of benzene rings is 1. The second-order valence-corrected chi connectivity index (χ2v) is 6.36. The van der Waals surface area contributed by atoms with Crippen molar-refractivity contribution in [3.63, 3.8) is 0 Å². The van der Waals surface area contributed by atoms with E-state index in [-0.39, 0.29) is 11.9 Å². The first-order valence-corrected chi connectivity index (χ1v) is 8.10. The van der Waals surface area contributed by atoms with Gasteiger partial charge < -0.3 is 10.6 Å². The summed E-state index contributed by atoms with van der Waals surface area (Å²) in [5.41, 5.74) is 7.77. The number of hydrogen-bond donors (Lipinski definition) is 1. The van der Waals surface area contributed by atoms with Crippen LogP contribution in [0.15, 0.2) is 28.7 Å². The predicted molar refractivity (Wildman–Crippen MR) is 86.9 cm³/mol. The minimum Gasteiger partial charge on any atom is -0.333 e. The molecule has 2 N–H and O–H groups in total. The topological polar surface area (TPSA) is 77.0 Å². The van der Waals surface area contributed by atoms with Crippen LogP contribution in [0.2, 0.25) is 0 Å².